The SMILES string of the molecule is c1ccc2c(c1)nc1snc(N3CCCC3)n12. The highest BCUT2D eigenvalue weighted by Gasteiger charge is 2.20. The standard InChI is InChI=1S/C12H12N4S/c1-2-6-10-9(5-1)13-12-16(10)11(14-17-12)15-7-3-4-8-15/h1-2,5-6H,3-4,7-8H2. The van der Waals surface area contributed by atoms with E-state index in [0.29, 0.717) is 0 Å². The predicted octanol–water partition coefficient (Wildman–Crippen LogP) is 2.54. The second kappa shape index (κ2) is 3.43. The second-order valence-corrected chi connectivity index (χ2v) is 5.13. The van der Waals surface area contributed by atoms with Gasteiger partial charge in [0.05, 0.1) is 11.0 Å². The Balaban J connectivity index is 2.02. The number of hydrogen-bond donors (Lipinski definition) is 0. The van der Waals surface area contributed by atoms with Crippen molar-refractivity contribution in [3.8, 4) is 0 Å². The molecule has 3 heterocycles. The number of imidazole rings is 1. The first-order valence-corrected chi connectivity index (χ1v) is 6.69. The van der Waals surface area contributed by atoms with Gasteiger partial charge in [0.25, 0.3) is 0 Å². The van der Waals surface area contributed by atoms with Gasteiger partial charge in [-0.3, -0.25) is 4.40 Å². The number of anilines is 1. The van der Waals surface area contributed by atoms with Crippen LogP contribution < -0.4 is 4.90 Å². The van der Waals surface area contributed by atoms with Crippen molar-refractivity contribution in [2.45, 2.75) is 12.8 Å². The molecule has 0 spiro atoms. The number of fused-ring (bicyclic) bond motifs is 3. The second-order valence-electron chi connectivity index (χ2n) is 4.40. The molecule has 4 rings (SSSR count). The van der Waals surface area contributed by atoms with Gasteiger partial charge >= 0.3 is 0 Å². The van der Waals surface area contributed by atoms with Crippen molar-refractivity contribution >= 4 is 33.5 Å². The third kappa shape index (κ3) is 1.29. The van der Waals surface area contributed by atoms with Gasteiger partial charge < -0.3 is 4.90 Å². The zero-order valence-corrected chi connectivity index (χ0v) is 10.2. The normalized spacial score (nSPS) is 16.4. The van der Waals surface area contributed by atoms with Crippen LogP contribution in [0, 0.1) is 0 Å². The minimum atomic E-state index is 0.994. The van der Waals surface area contributed by atoms with E-state index >= 15 is 0 Å². The van der Waals surface area contributed by atoms with Crippen LogP contribution in [0.4, 0.5) is 5.95 Å². The molecule has 17 heavy (non-hydrogen) atoms. The first-order chi connectivity index (χ1) is 8.43. The number of aromatic nitrogens is 3. The van der Waals surface area contributed by atoms with E-state index in [9.17, 15) is 0 Å². The Bertz CT molecular complexity index is 678. The van der Waals surface area contributed by atoms with E-state index in [-0.39, 0.29) is 0 Å². The summed E-state index contributed by atoms with van der Waals surface area (Å²) in [5, 5.41) is 0. The summed E-state index contributed by atoms with van der Waals surface area (Å²) < 4.78 is 6.74. The lowest BCUT2D eigenvalue weighted by Gasteiger charge is -2.13. The van der Waals surface area contributed by atoms with E-state index in [1.165, 1.54) is 24.4 Å². The molecule has 86 valence electrons. The number of hydrogen-bond acceptors (Lipinski definition) is 4. The van der Waals surface area contributed by atoms with Crippen molar-refractivity contribution in [1.29, 1.82) is 0 Å². The van der Waals surface area contributed by atoms with Crippen LogP contribution in [-0.2, 0) is 0 Å². The average Bonchev–Trinajstić information content (AvgIpc) is 3.04. The van der Waals surface area contributed by atoms with Crippen LogP contribution in [0.15, 0.2) is 24.3 Å². The Hall–Kier alpha value is -1.62. The molecule has 5 heteroatoms. The lowest BCUT2D eigenvalue weighted by atomic mass is 10.3. The summed E-state index contributed by atoms with van der Waals surface area (Å²) in [5.41, 5.74) is 2.22. The molecule has 0 N–H and O–H groups in total. The van der Waals surface area contributed by atoms with Gasteiger partial charge in [-0.15, -0.1) is 0 Å². The van der Waals surface area contributed by atoms with Gasteiger partial charge in [-0.2, -0.15) is 4.37 Å². The fourth-order valence-electron chi connectivity index (χ4n) is 2.50. The van der Waals surface area contributed by atoms with Gasteiger partial charge in [-0.05, 0) is 25.0 Å². The molecule has 0 unspecified atom stereocenters. The summed E-state index contributed by atoms with van der Waals surface area (Å²) in [7, 11) is 0. The maximum Gasteiger partial charge on any atom is 0.223 e. The largest absolute Gasteiger partial charge is 0.341 e. The van der Waals surface area contributed by atoms with Crippen molar-refractivity contribution in [1.82, 2.24) is 13.8 Å². The molecule has 0 bridgehead atoms. The molecule has 0 amide bonds. The molecule has 1 fully saturated rings. The first-order valence-electron chi connectivity index (χ1n) is 5.91. The topological polar surface area (TPSA) is 33.4 Å². The van der Waals surface area contributed by atoms with Gasteiger partial charge in [-0.25, -0.2) is 4.98 Å². The van der Waals surface area contributed by atoms with E-state index in [0.717, 1.165) is 35.0 Å². The number of benzene rings is 1. The Morgan fingerprint density at radius 2 is 1.94 bits per heavy atom. The van der Waals surface area contributed by atoms with Gasteiger partial charge in [-0.1, -0.05) is 12.1 Å². The predicted molar refractivity (Wildman–Crippen MR) is 69.8 cm³/mol. The van der Waals surface area contributed by atoms with E-state index < -0.39 is 0 Å². The van der Waals surface area contributed by atoms with Crippen LogP contribution in [0.5, 0.6) is 0 Å². The Labute approximate surface area is 103 Å². The fourth-order valence-corrected chi connectivity index (χ4v) is 3.26. The third-order valence-corrected chi connectivity index (χ3v) is 4.02. The summed E-state index contributed by atoms with van der Waals surface area (Å²) in [6.07, 6.45) is 2.54. The first kappa shape index (κ1) is 9.41. The van der Waals surface area contributed by atoms with E-state index in [1.807, 2.05) is 6.07 Å². The zero-order valence-electron chi connectivity index (χ0n) is 9.33. The molecular formula is C12H12N4S. The minimum Gasteiger partial charge on any atom is -0.341 e. The molecule has 0 saturated carbocycles. The summed E-state index contributed by atoms with van der Waals surface area (Å²) in [6, 6.07) is 8.26. The highest BCUT2D eigenvalue weighted by Crippen LogP contribution is 2.27. The lowest BCUT2D eigenvalue weighted by molar-refractivity contribution is 0.908. The van der Waals surface area contributed by atoms with Crippen molar-refractivity contribution in [2.75, 3.05) is 18.0 Å². The number of rotatable bonds is 1. The Kier molecular flexibility index (Phi) is 1.90. The molecule has 1 aliphatic rings. The monoisotopic (exact) mass is 244 g/mol. The molecule has 0 atom stereocenters. The summed E-state index contributed by atoms with van der Waals surface area (Å²) >= 11 is 1.49. The highest BCUT2D eigenvalue weighted by atomic mass is 32.1. The van der Waals surface area contributed by atoms with Crippen LogP contribution >= 0.6 is 11.5 Å². The fraction of sp³-hybridized carbons (Fsp3) is 0.333. The van der Waals surface area contributed by atoms with Crippen LogP contribution in [-0.4, -0.2) is 26.8 Å². The molecule has 0 aliphatic carbocycles. The molecule has 1 aliphatic heterocycles. The minimum absolute atomic E-state index is 0.994. The molecule has 2 aromatic heterocycles. The molecule has 1 aromatic carbocycles. The lowest BCUT2D eigenvalue weighted by Crippen LogP contribution is -2.20. The smallest absolute Gasteiger partial charge is 0.223 e. The van der Waals surface area contributed by atoms with Gasteiger partial charge in [0.15, 0.2) is 0 Å². The van der Waals surface area contributed by atoms with Gasteiger partial charge in [0, 0.05) is 24.6 Å². The Morgan fingerprint density at radius 3 is 2.82 bits per heavy atom. The third-order valence-electron chi connectivity index (χ3n) is 3.33. The van der Waals surface area contributed by atoms with Gasteiger partial charge in [0.2, 0.25) is 10.9 Å². The van der Waals surface area contributed by atoms with Gasteiger partial charge in [0.1, 0.15) is 0 Å². The summed E-state index contributed by atoms with van der Waals surface area (Å²) in [5.74, 6) is 1.07. The van der Waals surface area contributed by atoms with E-state index in [2.05, 4.69) is 36.9 Å². The van der Waals surface area contributed by atoms with Crippen molar-refractivity contribution in [3.63, 3.8) is 0 Å². The van der Waals surface area contributed by atoms with Crippen molar-refractivity contribution in [3.05, 3.63) is 24.3 Å². The maximum absolute atomic E-state index is 4.60. The Morgan fingerprint density at radius 1 is 1.12 bits per heavy atom. The maximum atomic E-state index is 4.60. The molecule has 1 saturated heterocycles. The van der Waals surface area contributed by atoms with Crippen LogP contribution in [0.25, 0.3) is 16.0 Å². The highest BCUT2D eigenvalue weighted by molar-refractivity contribution is 7.11. The van der Waals surface area contributed by atoms with E-state index in [4.69, 9.17) is 0 Å². The van der Waals surface area contributed by atoms with Crippen LogP contribution in [0.1, 0.15) is 12.8 Å². The summed E-state index contributed by atoms with van der Waals surface area (Å²) in [6.45, 7) is 2.23. The molecule has 0 radical (unpaired) electrons. The van der Waals surface area contributed by atoms with Crippen molar-refractivity contribution < 1.29 is 0 Å². The number of nitrogens with zero attached hydrogens (tertiary/aromatic N) is 4. The number of para-hydroxylation sites is 2. The van der Waals surface area contributed by atoms with Crippen molar-refractivity contribution in [2.24, 2.45) is 0 Å². The van der Waals surface area contributed by atoms with Crippen LogP contribution in [0.3, 0.4) is 0 Å². The molecule has 3 aromatic rings. The summed E-state index contributed by atoms with van der Waals surface area (Å²) in [4.78, 5) is 7.95. The molecular weight excluding hydrogens is 232 g/mol. The quantitative estimate of drug-likeness (QED) is 0.659. The van der Waals surface area contributed by atoms with E-state index in [1.54, 1.807) is 0 Å². The average molecular weight is 244 g/mol. The van der Waals surface area contributed by atoms with Crippen LogP contribution in [0.2, 0.25) is 0 Å². The molecule has 4 nitrogen and oxygen atoms in total. The zero-order chi connectivity index (χ0) is 11.2.